The molecule has 0 aliphatic carbocycles. The fourth-order valence-electron chi connectivity index (χ4n) is 2.66. The Morgan fingerprint density at radius 3 is 2.48 bits per heavy atom. The first-order chi connectivity index (χ1) is 11.0. The summed E-state index contributed by atoms with van der Waals surface area (Å²) < 4.78 is 0. The van der Waals surface area contributed by atoms with Gasteiger partial charge in [-0.15, -0.1) is 5.11 Å². The van der Waals surface area contributed by atoms with Gasteiger partial charge in [-0.3, -0.25) is 0 Å². The first kappa shape index (κ1) is 15.3. The topological polar surface area (TPSA) is 60.7 Å². The van der Waals surface area contributed by atoms with Crippen molar-refractivity contribution in [1.82, 2.24) is 4.98 Å². The van der Waals surface area contributed by atoms with Crippen LogP contribution in [0, 0.1) is 13.8 Å². The molecule has 0 aliphatic heterocycles. The molecule has 0 atom stereocenters. The van der Waals surface area contributed by atoms with Crippen LogP contribution in [0.2, 0.25) is 0 Å². The van der Waals surface area contributed by atoms with Crippen LogP contribution in [0.15, 0.2) is 46.6 Å². The van der Waals surface area contributed by atoms with E-state index in [2.05, 4.69) is 47.3 Å². The molecule has 0 saturated carbocycles. The van der Waals surface area contributed by atoms with Crippen molar-refractivity contribution in [1.29, 1.82) is 0 Å². The van der Waals surface area contributed by atoms with Crippen molar-refractivity contribution in [3.8, 4) is 5.88 Å². The summed E-state index contributed by atoms with van der Waals surface area (Å²) in [6.45, 7) is 8.34. The average molecular weight is 307 g/mol. The highest BCUT2D eigenvalue weighted by atomic mass is 16.3. The van der Waals surface area contributed by atoms with Crippen molar-refractivity contribution in [2.45, 2.75) is 33.6 Å². The van der Waals surface area contributed by atoms with Gasteiger partial charge in [-0.25, -0.2) is 0 Å². The Balaban J connectivity index is 2.06. The molecule has 0 saturated heterocycles. The molecule has 0 bridgehead atoms. The van der Waals surface area contributed by atoms with E-state index in [1.54, 1.807) is 0 Å². The van der Waals surface area contributed by atoms with E-state index in [0.717, 1.165) is 22.2 Å². The Hall–Kier alpha value is -2.62. The lowest BCUT2D eigenvalue weighted by Gasteiger charge is -2.04. The Morgan fingerprint density at radius 2 is 1.78 bits per heavy atom. The molecule has 0 fully saturated rings. The van der Waals surface area contributed by atoms with Gasteiger partial charge in [-0.1, -0.05) is 37.6 Å². The highest BCUT2D eigenvalue weighted by Crippen LogP contribution is 2.38. The zero-order valence-corrected chi connectivity index (χ0v) is 13.9. The number of aromatic amines is 1. The monoisotopic (exact) mass is 307 g/mol. The molecular formula is C19H21N3O. The number of aromatic hydroxyl groups is 1. The number of nitrogens with one attached hydrogen (secondary N) is 1. The summed E-state index contributed by atoms with van der Waals surface area (Å²) in [5.74, 6) is 0.468. The van der Waals surface area contributed by atoms with Gasteiger partial charge in [-0.05, 0) is 49.1 Å². The van der Waals surface area contributed by atoms with Crippen LogP contribution >= 0.6 is 0 Å². The van der Waals surface area contributed by atoms with Crippen molar-refractivity contribution in [2.75, 3.05) is 0 Å². The van der Waals surface area contributed by atoms with Crippen LogP contribution in [-0.2, 0) is 0 Å². The minimum atomic E-state index is 0.0504. The normalized spacial score (nSPS) is 11.9. The highest BCUT2D eigenvalue weighted by Gasteiger charge is 2.12. The van der Waals surface area contributed by atoms with Crippen molar-refractivity contribution < 1.29 is 5.11 Å². The number of benzene rings is 2. The lowest BCUT2D eigenvalue weighted by atomic mass is 10.0. The van der Waals surface area contributed by atoms with E-state index in [0.29, 0.717) is 11.6 Å². The first-order valence-electron chi connectivity index (χ1n) is 7.79. The second kappa shape index (κ2) is 5.88. The third-order valence-corrected chi connectivity index (χ3v) is 4.05. The summed E-state index contributed by atoms with van der Waals surface area (Å²) >= 11 is 0. The number of aromatic nitrogens is 1. The summed E-state index contributed by atoms with van der Waals surface area (Å²) in [5.41, 5.74) is 5.63. The van der Waals surface area contributed by atoms with Gasteiger partial charge in [-0.2, -0.15) is 5.11 Å². The van der Waals surface area contributed by atoms with Gasteiger partial charge in [0.05, 0.1) is 11.2 Å². The molecule has 118 valence electrons. The van der Waals surface area contributed by atoms with Gasteiger partial charge < -0.3 is 10.1 Å². The Morgan fingerprint density at radius 1 is 1.00 bits per heavy atom. The lowest BCUT2D eigenvalue weighted by molar-refractivity contribution is 0.459. The van der Waals surface area contributed by atoms with E-state index in [-0.39, 0.29) is 5.88 Å². The maximum Gasteiger partial charge on any atom is 0.218 e. The predicted octanol–water partition coefficient (Wildman–Crippen LogP) is 6.03. The first-order valence-corrected chi connectivity index (χ1v) is 7.79. The maximum absolute atomic E-state index is 10.1. The number of rotatable bonds is 3. The zero-order chi connectivity index (χ0) is 16.6. The molecule has 0 amide bonds. The molecule has 0 radical (unpaired) electrons. The zero-order valence-electron chi connectivity index (χ0n) is 13.9. The fourth-order valence-corrected chi connectivity index (χ4v) is 2.66. The van der Waals surface area contributed by atoms with E-state index >= 15 is 0 Å². The van der Waals surface area contributed by atoms with Crippen LogP contribution in [0.4, 0.5) is 11.4 Å². The molecule has 0 spiro atoms. The molecule has 2 aromatic carbocycles. The molecule has 1 aromatic heterocycles. The quantitative estimate of drug-likeness (QED) is 0.570. The number of hydrogen-bond donors (Lipinski definition) is 2. The molecule has 2 N–H and O–H groups in total. The van der Waals surface area contributed by atoms with E-state index in [9.17, 15) is 5.11 Å². The van der Waals surface area contributed by atoms with Crippen LogP contribution in [0.5, 0.6) is 5.88 Å². The number of azo groups is 1. The third kappa shape index (κ3) is 2.97. The van der Waals surface area contributed by atoms with E-state index in [1.807, 2.05) is 32.0 Å². The van der Waals surface area contributed by atoms with Crippen LogP contribution in [0.25, 0.3) is 10.9 Å². The molecule has 3 aromatic rings. The number of hydrogen-bond acceptors (Lipinski definition) is 3. The number of H-pyrrole nitrogens is 1. The third-order valence-electron chi connectivity index (χ3n) is 4.05. The summed E-state index contributed by atoms with van der Waals surface area (Å²) in [7, 11) is 0. The molecule has 4 heteroatoms. The molecule has 0 aliphatic rings. The van der Waals surface area contributed by atoms with Crippen molar-refractivity contribution in [3.63, 3.8) is 0 Å². The molecule has 1 heterocycles. The van der Waals surface area contributed by atoms with Gasteiger partial charge in [0.15, 0.2) is 5.69 Å². The van der Waals surface area contributed by atoms with Gasteiger partial charge in [0, 0.05) is 5.39 Å². The van der Waals surface area contributed by atoms with Gasteiger partial charge in [0.2, 0.25) is 5.88 Å². The van der Waals surface area contributed by atoms with Gasteiger partial charge >= 0.3 is 0 Å². The molecule has 0 unspecified atom stereocenters. The summed E-state index contributed by atoms with van der Waals surface area (Å²) in [6, 6.07) is 12.1. The minimum Gasteiger partial charge on any atom is -0.493 e. The van der Waals surface area contributed by atoms with Crippen LogP contribution in [-0.4, -0.2) is 10.1 Å². The lowest BCUT2D eigenvalue weighted by Crippen LogP contribution is -1.85. The predicted molar refractivity (Wildman–Crippen MR) is 94.1 cm³/mol. The van der Waals surface area contributed by atoms with Gasteiger partial charge in [0.25, 0.3) is 0 Å². The second-order valence-electron chi connectivity index (χ2n) is 6.27. The van der Waals surface area contributed by atoms with Crippen molar-refractivity contribution in [3.05, 3.63) is 53.1 Å². The van der Waals surface area contributed by atoms with E-state index in [1.165, 1.54) is 11.1 Å². The minimum absolute atomic E-state index is 0.0504. The maximum atomic E-state index is 10.1. The molecule has 3 rings (SSSR count). The van der Waals surface area contributed by atoms with Crippen LogP contribution in [0.1, 0.15) is 36.5 Å². The van der Waals surface area contributed by atoms with E-state index in [4.69, 9.17) is 0 Å². The molecule has 4 nitrogen and oxygen atoms in total. The summed E-state index contributed by atoms with van der Waals surface area (Å²) in [4.78, 5) is 2.96. The Kier molecular flexibility index (Phi) is 3.90. The highest BCUT2D eigenvalue weighted by molar-refractivity contribution is 5.94. The average Bonchev–Trinajstić information content (AvgIpc) is 2.81. The summed E-state index contributed by atoms with van der Waals surface area (Å²) in [5, 5.41) is 19.7. The standard InChI is InChI=1S/C19H21N3O/c1-11(2)14-6-8-17-15(10-14)18(19(23)20-17)22-21-16-7-5-12(3)9-13(16)4/h5-11,20,23H,1-4H3. The van der Waals surface area contributed by atoms with Gasteiger partial charge in [0.1, 0.15) is 0 Å². The number of fused-ring (bicyclic) bond motifs is 1. The van der Waals surface area contributed by atoms with E-state index < -0.39 is 0 Å². The van der Waals surface area contributed by atoms with Crippen LogP contribution in [0.3, 0.4) is 0 Å². The summed E-state index contributed by atoms with van der Waals surface area (Å²) in [6.07, 6.45) is 0. The second-order valence-corrected chi connectivity index (χ2v) is 6.27. The number of aryl methyl sites for hydroxylation is 2. The Labute approximate surface area is 135 Å². The SMILES string of the molecule is Cc1ccc(N=Nc2c(O)[nH]c3ccc(C(C)C)cc23)c(C)c1. The van der Waals surface area contributed by atoms with Crippen molar-refractivity contribution in [2.24, 2.45) is 10.2 Å². The Bertz CT molecular complexity index is 891. The van der Waals surface area contributed by atoms with Crippen molar-refractivity contribution >= 4 is 22.3 Å². The largest absolute Gasteiger partial charge is 0.493 e. The smallest absolute Gasteiger partial charge is 0.218 e. The van der Waals surface area contributed by atoms with Crippen LogP contribution < -0.4 is 0 Å². The fraction of sp³-hybridized carbons (Fsp3) is 0.263. The molecule has 23 heavy (non-hydrogen) atoms. The molecular weight excluding hydrogens is 286 g/mol. The number of nitrogens with zero attached hydrogens (tertiary/aromatic N) is 2.